The summed E-state index contributed by atoms with van der Waals surface area (Å²) in [6, 6.07) is -0.340. The largest absolute Gasteiger partial charge is 0.325 e. The summed E-state index contributed by atoms with van der Waals surface area (Å²) in [5.41, 5.74) is 4.28. The lowest BCUT2D eigenvalue weighted by Crippen LogP contribution is -2.43. The van der Waals surface area contributed by atoms with Crippen LogP contribution in [0, 0.1) is 0 Å². The molecule has 2 unspecified atom stereocenters. The zero-order valence-electron chi connectivity index (χ0n) is 5.65. The van der Waals surface area contributed by atoms with Gasteiger partial charge in [0.1, 0.15) is 5.67 Å². The summed E-state index contributed by atoms with van der Waals surface area (Å²) in [6.45, 7) is 2.90. The number of nitrogens with two attached hydrogens (primary N) is 1. The van der Waals surface area contributed by atoms with Gasteiger partial charge < -0.3 is 11.1 Å². The Morgan fingerprint density at radius 1 is 1.78 bits per heavy atom. The molecule has 0 amide bonds. The zero-order valence-corrected chi connectivity index (χ0v) is 5.65. The second-order valence-corrected chi connectivity index (χ2v) is 2.75. The molecular weight excluding hydrogens is 119 g/mol. The zero-order chi connectivity index (χ0) is 6.91. The van der Waals surface area contributed by atoms with Crippen LogP contribution < -0.4 is 11.1 Å². The van der Waals surface area contributed by atoms with Gasteiger partial charge in [-0.1, -0.05) is 0 Å². The van der Waals surface area contributed by atoms with E-state index in [-0.39, 0.29) is 6.04 Å². The van der Waals surface area contributed by atoms with E-state index in [1.807, 2.05) is 0 Å². The Bertz CT molecular complexity index is 97.2. The monoisotopic (exact) mass is 132 g/mol. The van der Waals surface area contributed by atoms with Crippen LogP contribution in [0.2, 0.25) is 0 Å². The summed E-state index contributed by atoms with van der Waals surface area (Å²) in [5.74, 6) is 0. The average molecular weight is 132 g/mol. The van der Waals surface area contributed by atoms with Crippen LogP contribution in [0.1, 0.15) is 13.3 Å². The van der Waals surface area contributed by atoms with Gasteiger partial charge in [0.25, 0.3) is 0 Å². The van der Waals surface area contributed by atoms with Gasteiger partial charge in [0.2, 0.25) is 0 Å². The highest BCUT2D eigenvalue weighted by molar-refractivity contribution is 4.94. The van der Waals surface area contributed by atoms with Crippen molar-refractivity contribution in [2.24, 2.45) is 5.73 Å². The van der Waals surface area contributed by atoms with Gasteiger partial charge in [-0.05, 0) is 19.9 Å². The van der Waals surface area contributed by atoms with Crippen molar-refractivity contribution in [2.45, 2.75) is 25.1 Å². The molecule has 0 spiro atoms. The molecule has 2 atom stereocenters. The minimum absolute atomic E-state index is 0.340. The van der Waals surface area contributed by atoms with E-state index in [0.717, 1.165) is 6.54 Å². The standard InChI is InChI=1S/C6H13FN2/c1-5(8)6(7)2-3-9-4-6/h5,9H,2-4,8H2,1H3. The first kappa shape index (κ1) is 6.96. The third-order valence-electron chi connectivity index (χ3n) is 1.95. The number of hydrogen-bond donors (Lipinski definition) is 2. The molecule has 1 fully saturated rings. The van der Waals surface area contributed by atoms with Crippen LogP contribution in [0.4, 0.5) is 4.39 Å². The number of nitrogens with one attached hydrogen (secondary N) is 1. The van der Waals surface area contributed by atoms with E-state index in [0.29, 0.717) is 13.0 Å². The SMILES string of the molecule is CC(N)C1(F)CCNC1. The normalized spacial score (nSPS) is 39.0. The Balaban J connectivity index is 2.51. The maximum absolute atomic E-state index is 13.2. The molecule has 1 rings (SSSR count). The fourth-order valence-electron chi connectivity index (χ4n) is 1.07. The lowest BCUT2D eigenvalue weighted by atomic mass is 9.98. The highest BCUT2D eigenvalue weighted by Gasteiger charge is 2.37. The van der Waals surface area contributed by atoms with Gasteiger partial charge >= 0.3 is 0 Å². The molecule has 0 bridgehead atoms. The lowest BCUT2D eigenvalue weighted by Gasteiger charge is -2.21. The topological polar surface area (TPSA) is 38.0 Å². The van der Waals surface area contributed by atoms with Crippen molar-refractivity contribution in [2.75, 3.05) is 13.1 Å². The van der Waals surface area contributed by atoms with Crippen molar-refractivity contribution in [1.29, 1.82) is 0 Å². The molecule has 1 aliphatic heterocycles. The third kappa shape index (κ3) is 1.22. The minimum atomic E-state index is -1.14. The number of rotatable bonds is 1. The molecule has 0 aromatic carbocycles. The van der Waals surface area contributed by atoms with E-state index >= 15 is 0 Å². The number of halogens is 1. The molecule has 0 aromatic heterocycles. The van der Waals surface area contributed by atoms with E-state index in [1.165, 1.54) is 0 Å². The van der Waals surface area contributed by atoms with Crippen molar-refractivity contribution in [1.82, 2.24) is 5.32 Å². The molecule has 3 heteroatoms. The predicted molar refractivity (Wildman–Crippen MR) is 35.0 cm³/mol. The molecule has 9 heavy (non-hydrogen) atoms. The molecule has 0 radical (unpaired) electrons. The van der Waals surface area contributed by atoms with Crippen LogP contribution in [0.3, 0.4) is 0 Å². The highest BCUT2D eigenvalue weighted by Crippen LogP contribution is 2.22. The molecule has 3 N–H and O–H groups in total. The first-order chi connectivity index (χ1) is 4.15. The Hall–Kier alpha value is -0.150. The van der Waals surface area contributed by atoms with Crippen molar-refractivity contribution >= 4 is 0 Å². The number of hydrogen-bond acceptors (Lipinski definition) is 2. The van der Waals surface area contributed by atoms with Crippen LogP contribution in [-0.4, -0.2) is 24.8 Å². The average Bonchev–Trinajstić information content (AvgIpc) is 2.16. The summed E-state index contributed by atoms with van der Waals surface area (Å²) in [7, 11) is 0. The van der Waals surface area contributed by atoms with E-state index in [2.05, 4.69) is 5.32 Å². The molecular formula is C6H13FN2. The summed E-state index contributed by atoms with van der Waals surface area (Å²) >= 11 is 0. The molecule has 1 aliphatic rings. The highest BCUT2D eigenvalue weighted by atomic mass is 19.1. The molecule has 0 aliphatic carbocycles. The van der Waals surface area contributed by atoms with Crippen LogP contribution in [0.25, 0.3) is 0 Å². The number of alkyl halides is 1. The smallest absolute Gasteiger partial charge is 0.139 e. The molecule has 0 saturated carbocycles. The first-order valence-corrected chi connectivity index (χ1v) is 3.30. The van der Waals surface area contributed by atoms with Crippen molar-refractivity contribution in [3.05, 3.63) is 0 Å². The Kier molecular flexibility index (Phi) is 1.73. The summed E-state index contributed by atoms with van der Waals surface area (Å²) in [4.78, 5) is 0. The Labute approximate surface area is 54.6 Å². The third-order valence-corrected chi connectivity index (χ3v) is 1.95. The van der Waals surface area contributed by atoms with Crippen LogP contribution in [0.15, 0.2) is 0 Å². The fraction of sp³-hybridized carbons (Fsp3) is 1.00. The summed E-state index contributed by atoms with van der Waals surface area (Å²) in [6.07, 6.45) is 0.560. The molecule has 2 nitrogen and oxygen atoms in total. The Morgan fingerprint density at radius 2 is 2.44 bits per heavy atom. The predicted octanol–water partition coefficient (Wildman–Crippen LogP) is 0.0352. The molecule has 1 saturated heterocycles. The lowest BCUT2D eigenvalue weighted by molar-refractivity contribution is 0.158. The van der Waals surface area contributed by atoms with E-state index in [1.54, 1.807) is 6.92 Å². The fourth-order valence-corrected chi connectivity index (χ4v) is 1.07. The Morgan fingerprint density at radius 3 is 2.67 bits per heavy atom. The van der Waals surface area contributed by atoms with Crippen molar-refractivity contribution in [3.8, 4) is 0 Å². The van der Waals surface area contributed by atoms with Crippen molar-refractivity contribution in [3.63, 3.8) is 0 Å². The van der Waals surface area contributed by atoms with Crippen LogP contribution >= 0.6 is 0 Å². The van der Waals surface area contributed by atoms with Gasteiger partial charge in [-0.25, -0.2) is 4.39 Å². The van der Waals surface area contributed by atoms with E-state index in [4.69, 9.17) is 5.73 Å². The van der Waals surface area contributed by atoms with E-state index < -0.39 is 5.67 Å². The first-order valence-electron chi connectivity index (χ1n) is 3.30. The maximum Gasteiger partial charge on any atom is 0.139 e. The van der Waals surface area contributed by atoms with Gasteiger partial charge in [0, 0.05) is 12.6 Å². The van der Waals surface area contributed by atoms with Crippen LogP contribution in [0.5, 0.6) is 0 Å². The molecule has 0 aromatic rings. The minimum Gasteiger partial charge on any atom is -0.325 e. The second-order valence-electron chi connectivity index (χ2n) is 2.75. The van der Waals surface area contributed by atoms with Crippen molar-refractivity contribution < 1.29 is 4.39 Å². The summed E-state index contributed by atoms with van der Waals surface area (Å²) in [5, 5.41) is 2.94. The van der Waals surface area contributed by atoms with Crippen LogP contribution in [-0.2, 0) is 0 Å². The van der Waals surface area contributed by atoms with Gasteiger partial charge in [-0.15, -0.1) is 0 Å². The van der Waals surface area contributed by atoms with Gasteiger partial charge in [-0.2, -0.15) is 0 Å². The van der Waals surface area contributed by atoms with Gasteiger partial charge in [0.15, 0.2) is 0 Å². The quantitative estimate of drug-likeness (QED) is 0.528. The van der Waals surface area contributed by atoms with Gasteiger partial charge in [-0.3, -0.25) is 0 Å². The van der Waals surface area contributed by atoms with E-state index in [9.17, 15) is 4.39 Å². The maximum atomic E-state index is 13.2. The molecule has 1 heterocycles. The second kappa shape index (κ2) is 2.23. The summed E-state index contributed by atoms with van der Waals surface area (Å²) < 4.78 is 13.2. The van der Waals surface area contributed by atoms with Gasteiger partial charge in [0.05, 0.1) is 0 Å². The molecule has 54 valence electrons.